The molecule has 0 spiro atoms. The Labute approximate surface area is 146 Å². The predicted molar refractivity (Wildman–Crippen MR) is 106 cm³/mol. The van der Waals surface area contributed by atoms with Crippen molar-refractivity contribution in [3.05, 3.63) is 79.4 Å². The topological polar surface area (TPSA) is 17.8 Å². The Bertz CT molecular complexity index is 646. The molecule has 0 atom stereocenters. The first kappa shape index (κ1) is 18.1. The number of imidazole rings is 1. The molecule has 3 heteroatoms. The zero-order valence-electron chi connectivity index (χ0n) is 15.2. The molecule has 0 N–H and O–H groups in total. The summed E-state index contributed by atoms with van der Waals surface area (Å²) in [6, 6.07) is 21.4. The third kappa shape index (κ3) is 5.12. The van der Waals surface area contributed by atoms with E-state index in [0.29, 0.717) is 6.71 Å². The zero-order chi connectivity index (χ0) is 17.4. The number of aromatic nitrogens is 2. The van der Waals surface area contributed by atoms with Crippen LogP contribution in [0, 0.1) is 0 Å². The quantitative estimate of drug-likeness (QED) is 0.669. The van der Waals surface area contributed by atoms with Crippen LogP contribution in [0.2, 0.25) is 6.32 Å². The molecule has 2 nitrogen and oxygen atoms in total. The number of hydrogen-bond donors (Lipinski definition) is 0. The van der Waals surface area contributed by atoms with E-state index in [0.717, 1.165) is 6.32 Å². The van der Waals surface area contributed by atoms with Gasteiger partial charge in [0, 0.05) is 17.9 Å². The molecule has 0 fully saturated rings. The highest BCUT2D eigenvalue weighted by Gasteiger charge is 2.15. The van der Waals surface area contributed by atoms with Gasteiger partial charge in [0.25, 0.3) is 0 Å². The van der Waals surface area contributed by atoms with Crippen molar-refractivity contribution in [2.45, 2.75) is 39.6 Å². The lowest BCUT2D eigenvalue weighted by molar-refractivity contribution is 0.396. The van der Waals surface area contributed by atoms with Crippen molar-refractivity contribution < 1.29 is 0 Å². The Kier molecular flexibility index (Phi) is 6.42. The molecule has 0 saturated heterocycles. The summed E-state index contributed by atoms with van der Waals surface area (Å²) in [5, 5.41) is 0. The van der Waals surface area contributed by atoms with Gasteiger partial charge in [0.15, 0.2) is 0 Å². The molecule has 0 bridgehead atoms. The first-order valence-corrected chi connectivity index (χ1v) is 8.60. The number of hydrogen-bond acceptors (Lipinski definition) is 1. The van der Waals surface area contributed by atoms with Gasteiger partial charge in [-0.3, -0.25) is 0 Å². The van der Waals surface area contributed by atoms with Crippen molar-refractivity contribution in [1.82, 2.24) is 9.55 Å². The van der Waals surface area contributed by atoms with E-state index in [1.165, 1.54) is 10.9 Å². The summed E-state index contributed by atoms with van der Waals surface area (Å²) in [5.74, 6) is 0. The monoisotopic (exact) mass is 318 g/mol. The van der Waals surface area contributed by atoms with Gasteiger partial charge < -0.3 is 4.57 Å². The second-order valence-electron chi connectivity index (χ2n) is 6.92. The smallest absolute Gasteiger partial charge is 0.209 e. The van der Waals surface area contributed by atoms with Gasteiger partial charge in [0.2, 0.25) is 6.71 Å². The lowest BCUT2D eigenvalue weighted by Gasteiger charge is -2.19. The molecule has 2 aromatic carbocycles. The molecule has 1 heterocycles. The van der Waals surface area contributed by atoms with Gasteiger partial charge >= 0.3 is 0 Å². The van der Waals surface area contributed by atoms with Crippen molar-refractivity contribution in [1.29, 1.82) is 0 Å². The van der Waals surface area contributed by atoms with E-state index in [4.69, 9.17) is 0 Å². The molecule has 0 unspecified atom stereocenters. The number of benzene rings is 2. The third-order valence-electron chi connectivity index (χ3n) is 4.09. The van der Waals surface area contributed by atoms with Crippen LogP contribution < -0.4 is 10.9 Å². The minimum atomic E-state index is 0.177. The van der Waals surface area contributed by atoms with Crippen LogP contribution in [0.5, 0.6) is 0 Å². The Balaban J connectivity index is 0.000000198. The van der Waals surface area contributed by atoms with Gasteiger partial charge in [-0.1, -0.05) is 84.8 Å². The Morgan fingerprint density at radius 3 is 1.67 bits per heavy atom. The molecule has 0 aliphatic carbocycles. The van der Waals surface area contributed by atoms with Crippen LogP contribution in [0.15, 0.2) is 79.4 Å². The minimum absolute atomic E-state index is 0.177. The van der Waals surface area contributed by atoms with Crippen LogP contribution in [0.1, 0.15) is 27.7 Å². The summed E-state index contributed by atoms with van der Waals surface area (Å²) in [6.07, 6.45) is 6.75. The zero-order valence-corrected chi connectivity index (χ0v) is 15.2. The largest absolute Gasteiger partial charge is 0.332 e. The van der Waals surface area contributed by atoms with E-state index >= 15 is 0 Å². The van der Waals surface area contributed by atoms with Gasteiger partial charge in [-0.15, -0.1) is 0 Å². The Morgan fingerprint density at radius 2 is 1.38 bits per heavy atom. The molecular weight excluding hydrogens is 291 g/mol. The van der Waals surface area contributed by atoms with Gasteiger partial charge in [-0.25, -0.2) is 4.98 Å². The number of rotatable bonds is 3. The first-order valence-electron chi connectivity index (χ1n) is 8.60. The standard InChI is InChI=1S/C14H15B.C7H12N2/c1-2-15(13-9-5-3-6-10-13)14-11-7-4-8-12-14;1-7(2,3)9-5-4-8-6-9/h3-12H,2H2,1H3;4-6H,1-3H3. The van der Waals surface area contributed by atoms with Crippen LogP contribution >= 0.6 is 0 Å². The summed E-state index contributed by atoms with van der Waals surface area (Å²) in [6.45, 7) is 9.22. The van der Waals surface area contributed by atoms with Crippen LogP contribution in [-0.4, -0.2) is 16.3 Å². The summed E-state index contributed by atoms with van der Waals surface area (Å²) in [4.78, 5) is 3.95. The Morgan fingerprint density at radius 1 is 0.875 bits per heavy atom. The summed E-state index contributed by atoms with van der Waals surface area (Å²) >= 11 is 0. The molecule has 124 valence electrons. The lowest BCUT2D eigenvalue weighted by atomic mass is 9.39. The normalized spacial score (nSPS) is 10.7. The molecule has 0 saturated carbocycles. The van der Waals surface area contributed by atoms with Crippen LogP contribution in [0.3, 0.4) is 0 Å². The highest BCUT2D eigenvalue weighted by Crippen LogP contribution is 2.11. The van der Waals surface area contributed by atoms with Crippen molar-refractivity contribution >= 4 is 17.6 Å². The second-order valence-corrected chi connectivity index (χ2v) is 6.92. The fraction of sp³-hybridized carbons (Fsp3) is 0.286. The first-order chi connectivity index (χ1) is 11.5. The maximum atomic E-state index is 3.95. The van der Waals surface area contributed by atoms with Gasteiger partial charge in [0.05, 0.1) is 6.33 Å². The summed E-state index contributed by atoms with van der Waals surface area (Å²) < 4.78 is 2.08. The van der Waals surface area contributed by atoms with Crippen molar-refractivity contribution in [2.75, 3.05) is 0 Å². The number of nitrogens with zero attached hydrogens (tertiary/aromatic N) is 2. The molecule has 0 aliphatic rings. The Hall–Kier alpha value is -2.29. The molecule has 0 amide bonds. The van der Waals surface area contributed by atoms with E-state index in [1.54, 1.807) is 6.20 Å². The SMILES string of the molecule is CC(C)(C)n1ccnc1.CCB(c1ccccc1)c1ccccc1. The van der Waals surface area contributed by atoms with Crippen molar-refractivity contribution in [3.63, 3.8) is 0 Å². The van der Waals surface area contributed by atoms with Crippen LogP contribution in [-0.2, 0) is 5.54 Å². The van der Waals surface area contributed by atoms with Crippen molar-refractivity contribution in [3.8, 4) is 0 Å². The minimum Gasteiger partial charge on any atom is -0.332 e. The average molecular weight is 318 g/mol. The molecule has 1 aromatic heterocycles. The second kappa shape index (κ2) is 8.53. The van der Waals surface area contributed by atoms with Gasteiger partial charge in [-0.05, 0) is 20.8 Å². The molecule has 0 aliphatic heterocycles. The van der Waals surface area contributed by atoms with E-state index in [2.05, 4.69) is 97.9 Å². The lowest BCUT2D eigenvalue weighted by Crippen LogP contribution is -2.41. The van der Waals surface area contributed by atoms with Crippen LogP contribution in [0.4, 0.5) is 0 Å². The van der Waals surface area contributed by atoms with E-state index in [1.807, 2.05) is 12.5 Å². The highest BCUT2D eigenvalue weighted by atomic mass is 15.1. The molecule has 24 heavy (non-hydrogen) atoms. The van der Waals surface area contributed by atoms with E-state index < -0.39 is 0 Å². The maximum Gasteiger partial charge on any atom is 0.209 e. The fourth-order valence-electron chi connectivity index (χ4n) is 2.69. The van der Waals surface area contributed by atoms with E-state index in [-0.39, 0.29) is 5.54 Å². The maximum absolute atomic E-state index is 3.95. The molecule has 3 aromatic rings. The van der Waals surface area contributed by atoms with Crippen LogP contribution in [0.25, 0.3) is 0 Å². The third-order valence-corrected chi connectivity index (χ3v) is 4.09. The van der Waals surface area contributed by atoms with Crippen molar-refractivity contribution in [2.24, 2.45) is 0 Å². The summed E-state index contributed by atoms with van der Waals surface area (Å²) in [7, 11) is 0. The molecular formula is C21H27BN2. The predicted octanol–water partition coefficient (Wildman–Crippen LogP) is 3.95. The highest BCUT2D eigenvalue weighted by molar-refractivity contribution is 6.85. The fourth-order valence-corrected chi connectivity index (χ4v) is 2.69. The van der Waals surface area contributed by atoms with Gasteiger partial charge in [0.1, 0.15) is 0 Å². The summed E-state index contributed by atoms with van der Waals surface area (Å²) in [5.41, 5.74) is 2.99. The molecule has 0 radical (unpaired) electrons. The average Bonchev–Trinajstić information content (AvgIpc) is 3.13. The molecule has 3 rings (SSSR count). The van der Waals surface area contributed by atoms with E-state index in [9.17, 15) is 0 Å². The van der Waals surface area contributed by atoms with Gasteiger partial charge in [-0.2, -0.15) is 0 Å².